The van der Waals surface area contributed by atoms with Crippen molar-refractivity contribution in [3.8, 4) is 5.75 Å². The van der Waals surface area contributed by atoms with Gasteiger partial charge in [0.1, 0.15) is 24.0 Å². The van der Waals surface area contributed by atoms with Crippen molar-refractivity contribution in [1.29, 1.82) is 0 Å². The van der Waals surface area contributed by atoms with E-state index in [2.05, 4.69) is 42.3 Å². The van der Waals surface area contributed by atoms with Crippen LogP contribution in [0.4, 0.5) is 10.1 Å². The number of aliphatic imine (C=N–C) groups is 1. The zero-order valence-electron chi connectivity index (χ0n) is 15.8. The Hall–Kier alpha value is -2.60. The fourth-order valence-corrected chi connectivity index (χ4v) is 3.07. The number of anilines is 1. The molecule has 2 aromatic rings. The van der Waals surface area contributed by atoms with E-state index in [0.717, 1.165) is 35.7 Å². The van der Waals surface area contributed by atoms with Gasteiger partial charge >= 0.3 is 0 Å². The van der Waals surface area contributed by atoms with Gasteiger partial charge in [-0.25, -0.2) is 9.38 Å². The molecule has 1 aliphatic heterocycles. The van der Waals surface area contributed by atoms with Crippen molar-refractivity contribution in [3.05, 3.63) is 52.7 Å². The van der Waals surface area contributed by atoms with Crippen LogP contribution in [0.5, 0.6) is 5.75 Å². The molecule has 0 aliphatic carbocycles. The summed E-state index contributed by atoms with van der Waals surface area (Å²) in [5.41, 5.74) is 7.49. The number of rotatable bonds is 5. The maximum absolute atomic E-state index is 13.5. The lowest BCUT2D eigenvalue weighted by molar-refractivity contribution is 0.325. The van der Waals surface area contributed by atoms with Gasteiger partial charge in [0.05, 0.1) is 0 Å². The molecule has 0 spiro atoms. The molecule has 4 nitrogen and oxygen atoms in total. The van der Waals surface area contributed by atoms with Gasteiger partial charge in [0, 0.05) is 34.8 Å². The Morgan fingerprint density at radius 1 is 1.33 bits per heavy atom. The second kappa shape index (κ2) is 8.86. The third-order valence-electron chi connectivity index (χ3n) is 4.60. The number of hydrogen-bond acceptors (Lipinski definition) is 4. The number of fused-ring (bicyclic) bond motifs is 1. The first-order valence-corrected chi connectivity index (χ1v) is 9.37. The summed E-state index contributed by atoms with van der Waals surface area (Å²) in [7, 11) is 0.911. The van der Waals surface area contributed by atoms with E-state index in [1.54, 1.807) is 6.07 Å². The molecule has 0 fully saturated rings. The maximum atomic E-state index is 13.5. The van der Waals surface area contributed by atoms with E-state index in [1.807, 2.05) is 12.3 Å². The third kappa shape index (κ3) is 4.77. The van der Waals surface area contributed by atoms with Crippen LogP contribution in [-0.4, -0.2) is 26.3 Å². The number of benzene rings is 2. The van der Waals surface area contributed by atoms with Crippen LogP contribution in [0.25, 0.3) is 12.3 Å². The number of nitrogens with zero attached hydrogens (tertiary/aromatic N) is 1. The number of amidine groups is 1. The Balaban J connectivity index is 2.02. The maximum Gasteiger partial charge on any atom is 0.154 e. The minimum absolute atomic E-state index is 0.158. The predicted octanol–water partition coefficient (Wildman–Crippen LogP) is 1.34. The van der Waals surface area contributed by atoms with Gasteiger partial charge in [-0.2, -0.15) is 0 Å². The summed E-state index contributed by atoms with van der Waals surface area (Å²) in [4.78, 5) is 4.69. The first-order chi connectivity index (χ1) is 13.1. The van der Waals surface area contributed by atoms with Gasteiger partial charge in [-0.1, -0.05) is 37.4 Å². The molecular weight excluding hydrogens is 340 g/mol. The van der Waals surface area contributed by atoms with Crippen molar-refractivity contribution in [2.45, 2.75) is 20.2 Å². The van der Waals surface area contributed by atoms with E-state index in [9.17, 15) is 4.39 Å². The molecule has 2 aromatic carbocycles. The number of nitrogens with one attached hydrogen (secondary N) is 1. The summed E-state index contributed by atoms with van der Waals surface area (Å²) >= 11 is 0. The van der Waals surface area contributed by atoms with E-state index in [1.165, 1.54) is 17.6 Å². The van der Waals surface area contributed by atoms with Crippen LogP contribution in [0.2, 0.25) is 6.82 Å². The number of nitrogens with two attached hydrogens (primary N) is 1. The molecule has 1 unspecified atom stereocenters. The second-order valence-corrected chi connectivity index (χ2v) is 6.71. The van der Waals surface area contributed by atoms with Crippen LogP contribution in [0, 0.1) is 11.7 Å². The summed E-state index contributed by atoms with van der Waals surface area (Å²) in [6, 6.07) is 10.6. The van der Waals surface area contributed by atoms with Crippen molar-refractivity contribution in [2.24, 2.45) is 16.6 Å². The summed E-state index contributed by atoms with van der Waals surface area (Å²) in [5.74, 6) is 1.56. The van der Waals surface area contributed by atoms with E-state index in [-0.39, 0.29) is 11.7 Å². The molecule has 0 saturated heterocycles. The normalized spacial score (nSPS) is 20.4. The molecule has 1 heterocycles. The van der Waals surface area contributed by atoms with E-state index < -0.39 is 0 Å². The second-order valence-electron chi connectivity index (χ2n) is 6.71. The van der Waals surface area contributed by atoms with Crippen LogP contribution < -0.4 is 31.7 Å². The third-order valence-corrected chi connectivity index (χ3v) is 4.60. The van der Waals surface area contributed by atoms with Crippen LogP contribution in [0.15, 0.2) is 41.4 Å². The molecule has 6 heteroatoms. The summed E-state index contributed by atoms with van der Waals surface area (Å²) in [6.45, 7) is 5.17. The minimum Gasteiger partial charge on any atom is -0.492 e. The zero-order valence-corrected chi connectivity index (χ0v) is 15.8. The van der Waals surface area contributed by atoms with Gasteiger partial charge in [-0.15, -0.1) is 0 Å². The average Bonchev–Trinajstić information content (AvgIpc) is 2.66. The van der Waals surface area contributed by atoms with Crippen molar-refractivity contribution in [2.75, 3.05) is 18.5 Å². The molecule has 0 amide bonds. The first kappa shape index (κ1) is 19.2. The van der Waals surface area contributed by atoms with Crippen LogP contribution in [0.1, 0.15) is 13.3 Å². The van der Waals surface area contributed by atoms with Gasteiger partial charge in [-0.05, 0) is 30.7 Å². The quantitative estimate of drug-likeness (QED) is 0.787. The molecule has 3 rings (SSSR count). The molecule has 3 N–H and O–H groups in total. The van der Waals surface area contributed by atoms with Gasteiger partial charge in [0.25, 0.3) is 0 Å². The highest BCUT2D eigenvalue weighted by Crippen LogP contribution is 2.15. The van der Waals surface area contributed by atoms with Crippen molar-refractivity contribution in [3.63, 3.8) is 0 Å². The fourth-order valence-electron chi connectivity index (χ4n) is 3.07. The van der Waals surface area contributed by atoms with Gasteiger partial charge in [0.15, 0.2) is 7.28 Å². The molecular formula is C21H25BFN3O. The van der Waals surface area contributed by atoms with Crippen LogP contribution >= 0.6 is 0 Å². The summed E-state index contributed by atoms with van der Waals surface area (Å²) < 4.78 is 19.4. The van der Waals surface area contributed by atoms with Gasteiger partial charge in [-0.3, -0.25) is 0 Å². The highest BCUT2D eigenvalue weighted by atomic mass is 19.1. The Kier molecular flexibility index (Phi) is 6.30. The molecule has 140 valence electrons. The van der Waals surface area contributed by atoms with Crippen molar-refractivity contribution >= 4 is 36.5 Å². The van der Waals surface area contributed by atoms with Gasteiger partial charge in [0.2, 0.25) is 0 Å². The lowest BCUT2D eigenvalue weighted by Gasteiger charge is -2.17. The molecule has 0 radical (unpaired) electrons. The Bertz CT molecular complexity index is 958. The lowest BCUT2D eigenvalue weighted by Crippen LogP contribution is -2.35. The smallest absolute Gasteiger partial charge is 0.154 e. The Morgan fingerprint density at radius 3 is 2.93 bits per heavy atom. The minimum atomic E-state index is -0.269. The SMILES string of the molecule is CBc1cc(OCCN)c2/c(c1)=C\N=C(\Nc1cccc(F)c1)C(C)C\C=2. The van der Waals surface area contributed by atoms with E-state index >= 15 is 0 Å². The number of hydrogen-bond donors (Lipinski definition) is 2. The standard InChI is InChI=1S/C21H25BFN3O/c1-14-6-7-19-15(10-16(22-2)11-20(19)27-9-8-24)13-25-21(14)26-18-5-3-4-17(23)12-18/h3-5,7,10-14,22H,6,8-9,24H2,1-2H3,(H,25,26)/b15-13-,19-7+. The van der Waals surface area contributed by atoms with E-state index in [0.29, 0.717) is 18.8 Å². The largest absolute Gasteiger partial charge is 0.492 e. The molecule has 1 aliphatic rings. The van der Waals surface area contributed by atoms with E-state index in [4.69, 9.17) is 10.5 Å². The molecule has 0 bridgehead atoms. The highest BCUT2D eigenvalue weighted by molar-refractivity contribution is 6.51. The average molecular weight is 365 g/mol. The predicted molar refractivity (Wildman–Crippen MR) is 113 cm³/mol. The van der Waals surface area contributed by atoms with Gasteiger partial charge < -0.3 is 15.8 Å². The van der Waals surface area contributed by atoms with Crippen molar-refractivity contribution < 1.29 is 9.13 Å². The Labute approximate surface area is 159 Å². The monoisotopic (exact) mass is 365 g/mol. The summed E-state index contributed by atoms with van der Waals surface area (Å²) in [6.07, 6.45) is 4.84. The first-order valence-electron chi connectivity index (χ1n) is 9.37. The number of ether oxygens (including phenoxy) is 1. The zero-order chi connectivity index (χ0) is 19.2. The molecule has 27 heavy (non-hydrogen) atoms. The topological polar surface area (TPSA) is 59.6 Å². The van der Waals surface area contributed by atoms with Crippen LogP contribution in [0.3, 0.4) is 0 Å². The fraction of sp³-hybridized carbons (Fsp3) is 0.286. The molecule has 0 aromatic heterocycles. The Morgan fingerprint density at radius 2 is 2.19 bits per heavy atom. The molecule has 0 saturated carbocycles. The van der Waals surface area contributed by atoms with Crippen LogP contribution in [-0.2, 0) is 0 Å². The molecule has 1 atom stereocenters. The highest BCUT2D eigenvalue weighted by Gasteiger charge is 2.13. The summed E-state index contributed by atoms with van der Waals surface area (Å²) in [5, 5.41) is 5.34. The van der Waals surface area contributed by atoms with Crippen molar-refractivity contribution in [1.82, 2.24) is 0 Å². The lowest BCUT2D eigenvalue weighted by atomic mass is 9.73. The number of halogens is 1.